The molecule has 426 valence electrons. The van der Waals surface area contributed by atoms with Crippen LogP contribution >= 0.6 is 11.3 Å². The number of hydrogen-bond donors (Lipinski definition) is 0. The Morgan fingerprint density at radius 1 is 0.272 bits per heavy atom. The number of hydrogen-bond acceptors (Lipinski definition) is 6. The summed E-state index contributed by atoms with van der Waals surface area (Å²) >= 11 is 1.93. The summed E-state index contributed by atoms with van der Waals surface area (Å²) in [6, 6.07) is 116. The second kappa shape index (κ2) is 20.0. The van der Waals surface area contributed by atoms with E-state index in [0.29, 0.717) is 0 Å². The van der Waals surface area contributed by atoms with E-state index in [1.807, 2.05) is 11.3 Å². The lowest BCUT2D eigenvalue weighted by molar-refractivity contribution is 0.655. The predicted octanol–water partition coefficient (Wildman–Crippen LogP) is 19.1. The highest BCUT2D eigenvalue weighted by molar-refractivity contribution is 7.33. The predicted molar refractivity (Wildman–Crippen MR) is 391 cm³/mol. The maximum absolute atomic E-state index is 7.52. The van der Waals surface area contributed by atoms with Crippen LogP contribution in [0.2, 0.25) is 0 Å². The fourth-order valence-electron chi connectivity index (χ4n) is 15.9. The summed E-state index contributed by atoms with van der Waals surface area (Å²) in [5.74, 6) is 0. The van der Waals surface area contributed by atoms with Crippen molar-refractivity contribution < 1.29 is 4.42 Å². The third kappa shape index (κ3) is 7.44. The van der Waals surface area contributed by atoms with Crippen LogP contribution < -0.4 is 51.9 Å². The van der Waals surface area contributed by atoms with Gasteiger partial charge in [-0.05, 0) is 162 Å². The summed E-state index contributed by atoms with van der Waals surface area (Å²) in [5, 5.41) is 7.12. The van der Waals surface area contributed by atoms with Crippen LogP contribution in [0.4, 0.5) is 68.2 Å². The molecule has 0 radical (unpaired) electrons. The first-order valence-electron chi connectivity index (χ1n) is 31.7. The van der Waals surface area contributed by atoms with E-state index >= 15 is 0 Å². The van der Waals surface area contributed by atoms with Crippen molar-refractivity contribution in [2.75, 3.05) is 19.6 Å². The fourth-order valence-corrected chi connectivity index (χ4v) is 17.2. The molecule has 14 aromatic carbocycles. The molecule has 0 saturated heterocycles. The summed E-state index contributed by atoms with van der Waals surface area (Å²) in [5.41, 5.74) is 27.8. The van der Waals surface area contributed by atoms with Gasteiger partial charge in [0, 0.05) is 77.1 Å². The third-order valence-electron chi connectivity index (χ3n) is 19.8. The Morgan fingerprint density at radius 2 is 0.707 bits per heavy atom. The van der Waals surface area contributed by atoms with E-state index in [-0.39, 0.29) is 13.4 Å². The lowest BCUT2D eigenvalue weighted by Crippen LogP contribution is -2.60. The number of fused-ring (bicyclic) bond motifs is 17. The van der Waals surface area contributed by atoms with Gasteiger partial charge in [-0.25, -0.2) is 0 Å². The molecule has 16 aromatic rings. The molecular weight excluding hydrogens is 1130 g/mol. The molecule has 0 saturated carbocycles. The van der Waals surface area contributed by atoms with E-state index in [2.05, 4.69) is 335 Å². The quantitative estimate of drug-likeness (QED) is 0.117. The van der Waals surface area contributed by atoms with Crippen molar-refractivity contribution in [3.8, 4) is 33.4 Å². The van der Waals surface area contributed by atoms with E-state index < -0.39 is 0 Å². The standard InChI is InChI=1S/C84H52B2N4OS/c1-4-22-53(23-5-1)56-26-18-31-62(50-56)88-72-40-21-42-74-79(72)86(69-49-46-58(52-75(69)88)54-24-6-2-7-25-54)84-80(67-36-14-17-43-76(67)92-84)89(74)60-47-44-55(45-48-60)57-27-19-30-61(51-57)87-70-38-16-15-37-68(70)85-78-71(87)39-20-41-73(78)90(59-28-8-3-9-29-59)81-77-65-34-12-10-32-63(65)64-33-11-13-35-66(64)82(77)91-83(81)85/h1-52H. The van der Waals surface area contributed by atoms with E-state index in [1.165, 1.54) is 97.9 Å². The largest absolute Gasteiger partial charge is 0.467 e. The van der Waals surface area contributed by atoms with Crippen LogP contribution in [0.1, 0.15) is 0 Å². The average Bonchev–Trinajstić information content (AvgIpc) is 1.38. The molecule has 0 amide bonds. The third-order valence-corrected chi connectivity index (χ3v) is 21.0. The van der Waals surface area contributed by atoms with Crippen LogP contribution in [-0.4, -0.2) is 13.4 Å². The van der Waals surface area contributed by atoms with Gasteiger partial charge in [0.25, 0.3) is 13.4 Å². The van der Waals surface area contributed by atoms with Gasteiger partial charge < -0.3 is 24.0 Å². The van der Waals surface area contributed by atoms with Crippen molar-refractivity contribution in [3.05, 3.63) is 315 Å². The zero-order valence-corrected chi connectivity index (χ0v) is 50.6. The monoisotopic (exact) mass is 1190 g/mol. The van der Waals surface area contributed by atoms with Gasteiger partial charge in [-0.2, -0.15) is 0 Å². The molecule has 0 fully saturated rings. The molecule has 2 aromatic heterocycles. The van der Waals surface area contributed by atoms with Crippen molar-refractivity contribution in [1.82, 2.24) is 0 Å². The van der Waals surface area contributed by atoms with Crippen LogP contribution in [-0.2, 0) is 0 Å². The molecular formula is C84H52B2N4OS. The molecule has 0 aliphatic carbocycles. The molecule has 0 unspecified atom stereocenters. The van der Waals surface area contributed by atoms with Gasteiger partial charge >= 0.3 is 0 Å². The first kappa shape index (κ1) is 51.3. The maximum Gasteiger partial charge on any atom is 0.297 e. The molecule has 20 rings (SSSR count). The molecule has 0 atom stereocenters. The lowest BCUT2D eigenvalue weighted by Gasteiger charge is -2.43. The number of thiophene rings is 1. The number of anilines is 12. The van der Waals surface area contributed by atoms with Crippen LogP contribution in [0, 0.1) is 0 Å². The topological polar surface area (TPSA) is 26.1 Å². The molecule has 0 spiro atoms. The molecule has 4 aliphatic rings. The highest BCUT2D eigenvalue weighted by atomic mass is 32.1. The van der Waals surface area contributed by atoms with E-state index in [4.69, 9.17) is 4.42 Å². The Morgan fingerprint density at radius 3 is 1.38 bits per heavy atom. The Labute approximate surface area is 537 Å². The Hall–Kier alpha value is -11.6. The summed E-state index contributed by atoms with van der Waals surface area (Å²) < 4.78 is 10.2. The summed E-state index contributed by atoms with van der Waals surface area (Å²) in [6.07, 6.45) is 0. The van der Waals surface area contributed by atoms with Gasteiger partial charge in [-0.1, -0.05) is 224 Å². The molecule has 0 N–H and O–H groups in total. The van der Waals surface area contributed by atoms with E-state index in [0.717, 1.165) is 78.6 Å². The molecule has 5 nitrogen and oxygen atoms in total. The van der Waals surface area contributed by atoms with Crippen molar-refractivity contribution in [1.29, 1.82) is 0 Å². The van der Waals surface area contributed by atoms with Gasteiger partial charge in [0.15, 0.2) is 0 Å². The Kier molecular flexibility index (Phi) is 11.1. The molecule has 4 aliphatic heterocycles. The molecule has 6 heterocycles. The molecule has 8 heteroatoms. The number of benzene rings is 14. The lowest BCUT2D eigenvalue weighted by atomic mass is 9.35. The highest BCUT2D eigenvalue weighted by Crippen LogP contribution is 2.52. The zero-order chi connectivity index (χ0) is 60.1. The Bertz CT molecular complexity index is 5710. The number of nitrogens with zero attached hydrogens (tertiary/aromatic N) is 4. The number of furan rings is 1. The molecule has 0 bridgehead atoms. The van der Waals surface area contributed by atoms with E-state index in [1.54, 1.807) is 0 Å². The van der Waals surface area contributed by atoms with Crippen LogP contribution in [0.25, 0.3) is 76.0 Å². The van der Waals surface area contributed by atoms with E-state index in [9.17, 15) is 0 Å². The van der Waals surface area contributed by atoms with Crippen LogP contribution in [0.3, 0.4) is 0 Å². The SMILES string of the molecule is c1ccc(-c2cccc(N3c4cc(-c5ccccc5)ccc4B4c5sc6ccccc6c5N(c5ccc(-c6cccc(N7c8ccccc8B8c9oc%10c%11ccccc%11c%11ccccc%11c%10c9N(c9ccccc9)c9cccc7c98)c6)cc5)c5cccc3c54)c2)cc1. The number of rotatable bonds is 7. The first-order valence-corrected chi connectivity index (χ1v) is 32.5. The summed E-state index contributed by atoms with van der Waals surface area (Å²) in [6.45, 7) is -0.157. The van der Waals surface area contributed by atoms with Gasteiger partial charge in [-0.15, -0.1) is 11.3 Å². The molecule has 92 heavy (non-hydrogen) atoms. The van der Waals surface area contributed by atoms with Gasteiger partial charge in [-0.3, -0.25) is 0 Å². The van der Waals surface area contributed by atoms with Crippen LogP contribution in [0.15, 0.2) is 320 Å². The highest BCUT2D eigenvalue weighted by Gasteiger charge is 2.48. The number of para-hydroxylation sites is 2. The van der Waals surface area contributed by atoms with Gasteiger partial charge in [0.1, 0.15) is 5.58 Å². The second-order valence-electron chi connectivity index (χ2n) is 24.6. The fraction of sp³-hybridized carbons (Fsp3) is 0. The van der Waals surface area contributed by atoms with Gasteiger partial charge in [0.2, 0.25) is 0 Å². The van der Waals surface area contributed by atoms with Crippen molar-refractivity contribution in [2.24, 2.45) is 0 Å². The minimum Gasteiger partial charge on any atom is -0.467 e. The minimum atomic E-state index is -0.165. The Balaban J connectivity index is 0.724. The van der Waals surface area contributed by atoms with Crippen molar-refractivity contribution >= 4 is 168 Å². The van der Waals surface area contributed by atoms with Crippen molar-refractivity contribution in [3.63, 3.8) is 0 Å². The smallest absolute Gasteiger partial charge is 0.297 e. The summed E-state index contributed by atoms with van der Waals surface area (Å²) in [4.78, 5) is 10.0. The van der Waals surface area contributed by atoms with Gasteiger partial charge in [0.05, 0.1) is 22.4 Å². The normalized spacial score (nSPS) is 13.3. The first-order chi connectivity index (χ1) is 45.7. The second-order valence-corrected chi connectivity index (χ2v) is 25.7. The maximum atomic E-state index is 7.52. The minimum absolute atomic E-state index is 0.00790. The van der Waals surface area contributed by atoms with Crippen molar-refractivity contribution in [2.45, 2.75) is 0 Å². The zero-order valence-electron chi connectivity index (χ0n) is 49.8. The summed E-state index contributed by atoms with van der Waals surface area (Å²) in [7, 11) is 0. The average molecular weight is 1190 g/mol. The van der Waals surface area contributed by atoms with Crippen LogP contribution in [0.5, 0.6) is 0 Å².